The van der Waals surface area contributed by atoms with Gasteiger partial charge in [-0.05, 0) is 12.1 Å². The summed E-state index contributed by atoms with van der Waals surface area (Å²) in [5.41, 5.74) is 0.331. The van der Waals surface area contributed by atoms with Crippen LogP contribution in [0.3, 0.4) is 0 Å². The monoisotopic (exact) mass is 208 g/mol. The molecule has 0 aliphatic carbocycles. The van der Waals surface area contributed by atoms with Crippen molar-refractivity contribution >= 4 is 42.8 Å². The number of carboxylic acid groups (broad SMARTS) is 1. The van der Waals surface area contributed by atoms with E-state index in [1.54, 1.807) is 30.3 Å². The van der Waals surface area contributed by atoms with Crippen LogP contribution in [-0.4, -0.2) is 63.0 Å². The first kappa shape index (κ1) is 16.1. The van der Waals surface area contributed by atoms with E-state index in [1.807, 2.05) is 0 Å². The first-order valence-corrected chi connectivity index (χ1v) is 3.36. The fourth-order valence-electron chi connectivity index (χ4n) is 0.581. The molecule has 7 heteroatoms. The molecular weight excluding hydrogens is 198 g/mol. The van der Waals surface area contributed by atoms with Gasteiger partial charge in [0.15, 0.2) is 0 Å². The van der Waals surface area contributed by atoms with Gasteiger partial charge >= 0.3 is 42.8 Å². The number of hydrogen-bond acceptors (Lipinski definition) is 4. The second kappa shape index (κ2) is 9.20. The first-order chi connectivity index (χ1) is 6.04. The summed E-state index contributed by atoms with van der Waals surface area (Å²) in [6.45, 7) is 0. The third-order valence-corrected chi connectivity index (χ3v) is 1.02. The van der Waals surface area contributed by atoms with Crippen LogP contribution in [0.15, 0.2) is 30.3 Å². The van der Waals surface area contributed by atoms with Crippen LogP contribution < -0.4 is 0 Å². The zero-order valence-corrected chi connectivity index (χ0v) is 6.66. The van der Waals surface area contributed by atoms with Crippen molar-refractivity contribution < 1.29 is 25.0 Å². The Bertz CT molecular complexity index is 251. The molecule has 1 aromatic carbocycles. The standard InChI is InChI=1S/C7H6O2.BH3O3.Na.H/c8-7(9)6-4-2-1-3-5-6;2-1(3)4;;/h1-5H,(H,8,9);2-4H;;. The van der Waals surface area contributed by atoms with E-state index in [0.717, 1.165) is 0 Å². The zero-order valence-electron chi connectivity index (χ0n) is 6.66. The molecule has 0 spiro atoms. The van der Waals surface area contributed by atoms with Crippen LogP contribution in [0.4, 0.5) is 0 Å². The molecular formula is C7H10BNaO5. The van der Waals surface area contributed by atoms with Gasteiger partial charge in [0.05, 0.1) is 5.56 Å². The summed E-state index contributed by atoms with van der Waals surface area (Å²) in [6, 6.07) is 8.30. The van der Waals surface area contributed by atoms with Gasteiger partial charge in [0.25, 0.3) is 0 Å². The van der Waals surface area contributed by atoms with Gasteiger partial charge in [-0.2, -0.15) is 0 Å². The third kappa shape index (κ3) is 9.72. The molecule has 14 heavy (non-hydrogen) atoms. The van der Waals surface area contributed by atoms with Gasteiger partial charge in [-0.1, -0.05) is 18.2 Å². The van der Waals surface area contributed by atoms with Crippen molar-refractivity contribution in [1.29, 1.82) is 0 Å². The predicted octanol–water partition coefficient (Wildman–Crippen LogP) is -1.32. The Labute approximate surface area is 103 Å². The van der Waals surface area contributed by atoms with Crippen LogP contribution in [0.25, 0.3) is 0 Å². The fourth-order valence-corrected chi connectivity index (χ4v) is 0.581. The Morgan fingerprint density at radius 3 is 1.64 bits per heavy atom. The number of hydrogen-bond donors (Lipinski definition) is 4. The summed E-state index contributed by atoms with van der Waals surface area (Å²) < 4.78 is 0. The van der Waals surface area contributed by atoms with Crippen LogP contribution in [0.5, 0.6) is 0 Å². The maximum atomic E-state index is 10.2. The summed E-state index contributed by atoms with van der Waals surface area (Å²) in [5, 5.41) is 29.9. The topological polar surface area (TPSA) is 98.0 Å². The number of aromatic carboxylic acids is 1. The molecule has 1 rings (SSSR count). The molecule has 0 saturated heterocycles. The SMILES string of the molecule is O=C(O)c1ccccc1.OB(O)O.[NaH]. The molecule has 0 fully saturated rings. The van der Waals surface area contributed by atoms with Gasteiger partial charge in [0.2, 0.25) is 0 Å². The van der Waals surface area contributed by atoms with E-state index < -0.39 is 13.3 Å². The van der Waals surface area contributed by atoms with Crippen molar-refractivity contribution in [3.05, 3.63) is 35.9 Å². The Morgan fingerprint density at radius 1 is 1.07 bits per heavy atom. The van der Waals surface area contributed by atoms with Crippen LogP contribution in [-0.2, 0) is 0 Å². The number of carboxylic acids is 1. The van der Waals surface area contributed by atoms with E-state index in [1.165, 1.54) is 0 Å². The molecule has 0 radical (unpaired) electrons. The van der Waals surface area contributed by atoms with Crippen LogP contribution in [0, 0.1) is 0 Å². The van der Waals surface area contributed by atoms with Crippen molar-refractivity contribution in [2.24, 2.45) is 0 Å². The molecule has 0 atom stereocenters. The predicted molar refractivity (Wildman–Crippen MR) is 53.0 cm³/mol. The molecule has 0 aromatic heterocycles. The Morgan fingerprint density at radius 2 is 1.43 bits per heavy atom. The van der Waals surface area contributed by atoms with Crippen LogP contribution in [0.1, 0.15) is 10.4 Å². The van der Waals surface area contributed by atoms with Crippen molar-refractivity contribution in [2.45, 2.75) is 0 Å². The molecule has 0 amide bonds. The van der Waals surface area contributed by atoms with Crippen LogP contribution in [0.2, 0.25) is 0 Å². The molecule has 0 heterocycles. The van der Waals surface area contributed by atoms with E-state index >= 15 is 0 Å². The van der Waals surface area contributed by atoms with Crippen molar-refractivity contribution in [2.75, 3.05) is 0 Å². The normalized spacial score (nSPS) is 7.64. The van der Waals surface area contributed by atoms with Gasteiger partial charge in [-0.25, -0.2) is 4.79 Å². The van der Waals surface area contributed by atoms with E-state index in [2.05, 4.69) is 0 Å². The Hall–Kier alpha value is -0.365. The average Bonchev–Trinajstić information content (AvgIpc) is 2.05. The van der Waals surface area contributed by atoms with Gasteiger partial charge in [-0.15, -0.1) is 0 Å². The van der Waals surface area contributed by atoms with E-state index in [-0.39, 0.29) is 29.6 Å². The fraction of sp³-hybridized carbons (Fsp3) is 0. The zero-order chi connectivity index (χ0) is 10.3. The summed E-state index contributed by atoms with van der Waals surface area (Å²) in [6.07, 6.45) is 0. The maximum absolute atomic E-state index is 10.2. The molecule has 0 aliphatic heterocycles. The van der Waals surface area contributed by atoms with E-state index in [9.17, 15) is 4.79 Å². The van der Waals surface area contributed by atoms with Crippen molar-refractivity contribution in [3.63, 3.8) is 0 Å². The Balaban J connectivity index is 0. The average molecular weight is 208 g/mol. The molecule has 72 valence electrons. The molecule has 5 nitrogen and oxygen atoms in total. The summed E-state index contributed by atoms with van der Waals surface area (Å²) in [7, 11) is -2.17. The van der Waals surface area contributed by atoms with Gasteiger partial charge in [0, 0.05) is 0 Å². The Kier molecular flexibility index (Phi) is 10.6. The summed E-state index contributed by atoms with van der Waals surface area (Å²) in [5.74, 6) is -0.879. The number of benzene rings is 1. The van der Waals surface area contributed by atoms with Gasteiger partial charge < -0.3 is 20.2 Å². The van der Waals surface area contributed by atoms with E-state index in [4.69, 9.17) is 20.2 Å². The van der Waals surface area contributed by atoms with Crippen LogP contribution >= 0.6 is 0 Å². The van der Waals surface area contributed by atoms with Crippen molar-refractivity contribution in [3.8, 4) is 0 Å². The quantitative estimate of drug-likeness (QED) is 0.429. The number of carbonyl (C=O) groups is 1. The minimum absolute atomic E-state index is 0. The first-order valence-electron chi connectivity index (χ1n) is 3.36. The third-order valence-electron chi connectivity index (χ3n) is 1.02. The summed E-state index contributed by atoms with van der Waals surface area (Å²) in [4.78, 5) is 10.2. The van der Waals surface area contributed by atoms with Gasteiger partial charge in [-0.3, -0.25) is 0 Å². The second-order valence-electron chi connectivity index (χ2n) is 2.02. The molecule has 0 saturated carbocycles. The second-order valence-corrected chi connectivity index (χ2v) is 2.02. The van der Waals surface area contributed by atoms with Gasteiger partial charge in [0.1, 0.15) is 0 Å². The minimum atomic E-state index is -2.17. The molecule has 1 aromatic rings. The van der Waals surface area contributed by atoms with Crippen molar-refractivity contribution in [1.82, 2.24) is 0 Å². The molecule has 4 N–H and O–H groups in total. The number of rotatable bonds is 1. The molecule has 0 unspecified atom stereocenters. The van der Waals surface area contributed by atoms with E-state index in [0.29, 0.717) is 5.56 Å². The molecule has 0 aliphatic rings. The molecule has 0 bridgehead atoms. The summed E-state index contributed by atoms with van der Waals surface area (Å²) >= 11 is 0.